The minimum absolute atomic E-state index is 0.0394. The van der Waals surface area contributed by atoms with Gasteiger partial charge in [-0.05, 0) is 53.6 Å². The molecule has 0 fully saturated rings. The highest BCUT2D eigenvalue weighted by Gasteiger charge is 2.28. The molecule has 0 radical (unpaired) electrons. The van der Waals surface area contributed by atoms with Crippen LogP contribution in [0.5, 0.6) is 0 Å². The average Bonchev–Trinajstić information content (AvgIpc) is 3.29. The van der Waals surface area contributed by atoms with Crippen LogP contribution in [0.4, 0.5) is 10.1 Å². The second-order valence-electron chi connectivity index (χ2n) is 6.39. The summed E-state index contributed by atoms with van der Waals surface area (Å²) in [7, 11) is 0. The Balaban J connectivity index is 1.49. The third kappa shape index (κ3) is 3.60. The number of carbonyl (C=O) groups excluding carboxylic acids is 2. The van der Waals surface area contributed by atoms with Gasteiger partial charge in [-0.2, -0.15) is 0 Å². The van der Waals surface area contributed by atoms with Crippen LogP contribution < -0.4 is 10.2 Å². The van der Waals surface area contributed by atoms with Gasteiger partial charge in [0.2, 0.25) is 5.91 Å². The van der Waals surface area contributed by atoms with Crippen LogP contribution in [0.25, 0.3) is 0 Å². The first kappa shape index (κ1) is 17.0. The predicted octanol–water partition coefficient (Wildman–Crippen LogP) is 3.44. The maximum Gasteiger partial charge on any atom is 0.251 e. The molecule has 1 aliphatic heterocycles. The van der Waals surface area contributed by atoms with E-state index in [1.807, 2.05) is 0 Å². The van der Waals surface area contributed by atoms with Crippen molar-refractivity contribution in [2.75, 3.05) is 4.90 Å². The van der Waals surface area contributed by atoms with Crippen molar-refractivity contribution in [3.8, 4) is 0 Å². The molecule has 4 rings (SSSR count). The summed E-state index contributed by atoms with van der Waals surface area (Å²) >= 11 is 0. The van der Waals surface area contributed by atoms with Crippen LogP contribution in [-0.4, -0.2) is 11.8 Å². The van der Waals surface area contributed by atoms with Crippen LogP contribution in [0.1, 0.15) is 27.2 Å². The smallest absolute Gasteiger partial charge is 0.251 e. The van der Waals surface area contributed by atoms with E-state index in [2.05, 4.69) is 5.32 Å². The molecule has 1 aliphatic rings. The van der Waals surface area contributed by atoms with Gasteiger partial charge in [-0.15, -0.1) is 0 Å². The molecule has 0 bridgehead atoms. The molecule has 6 heteroatoms. The zero-order valence-electron chi connectivity index (χ0n) is 14.4. The summed E-state index contributed by atoms with van der Waals surface area (Å²) < 4.78 is 18.3. The van der Waals surface area contributed by atoms with E-state index in [1.54, 1.807) is 53.6 Å². The summed E-state index contributed by atoms with van der Waals surface area (Å²) in [5.74, 6) is 0.100. The summed E-state index contributed by atoms with van der Waals surface area (Å²) in [6, 6.07) is 14.9. The highest BCUT2D eigenvalue weighted by molar-refractivity contribution is 6.03. The number of rotatable bonds is 5. The number of fused-ring (bicyclic) bond motifs is 1. The van der Waals surface area contributed by atoms with Gasteiger partial charge in [0.25, 0.3) is 5.91 Å². The molecular weight excluding hydrogens is 347 g/mol. The normalized spacial score (nSPS) is 12.9. The van der Waals surface area contributed by atoms with Crippen LogP contribution in [0.15, 0.2) is 65.3 Å². The molecule has 136 valence electrons. The number of hydrogen-bond donors (Lipinski definition) is 1. The first-order valence-corrected chi connectivity index (χ1v) is 8.58. The molecule has 0 aliphatic carbocycles. The van der Waals surface area contributed by atoms with E-state index in [1.165, 1.54) is 12.1 Å². The molecule has 0 saturated carbocycles. The number of amides is 2. The lowest BCUT2D eigenvalue weighted by molar-refractivity contribution is -0.117. The third-order valence-corrected chi connectivity index (χ3v) is 4.53. The first-order chi connectivity index (χ1) is 13.1. The molecule has 1 N–H and O–H groups in total. The minimum Gasteiger partial charge on any atom is -0.467 e. The van der Waals surface area contributed by atoms with Gasteiger partial charge in [-0.25, -0.2) is 4.39 Å². The Hall–Kier alpha value is -3.41. The Labute approximate surface area is 155 Å². The van der Waals surface area contributed by atoms with Gasteiger partial charge in [-0.1, -0.05) is 12.1 Å². The standard InChI is InChI=1S/C21H17FN2O3/c22-17-6-3-14(4-7-17)13-24-19-8-5-15(10-16(19)11-20(24)25)21(26)23-12-18-2-1-9-27-18/h1-10H,11-13H2,(H,23,26). The number of halogens is 1. The minimum atomic E-state index is -0.308. The van der Waals surface area contributed by atoms with Gasteiger partial charge < -0.3 is 14.6 Å². The van der Waals surface area contributed by atoms with Gasteiger partial charge >= 0.3 is 0 Å². The number of furan rings is 1. The van der Waals surface area contributed by atoms with Crippen LogP contribution in [0.2, 0.25) is 0 Å². The van der Waals surface area contributed by atoms with Gasteiger partial charge in [-0.3, -0.25) is 9.59 Å². The van der Waals surface area contributed by atoms with Crippen molar-refractivity contribution in [1.29, 1.82) is 0 Å². The number of carbonyl (C=O) groups is 2. The second-order valence-corrected chi connectivity index (χ2v) is 6.39. The van der Waals surface area contributed by atoms with Gasteiger partial charge in [0.05, 0.1) is 25.8 Å². The zero-order valence-corrected chi connectivity index (χ0v) is 14.4. The molecule has 2 aromatic carbocycles. The maximum absolute atomic E-state index is 13.1. The molecule has 0 spiro atoms. The van der Waals surface area contributed by atoms with Crippen LogP contribution in [0, 0.1) is 5.82 Å². The number of anilines is 1. The van der Waals surface area contributed by atoms with E-state index in [4.69, 9.17) is 4.42 Å². The molecule has 2 heterocycles. The molecule has 0 unspecified atom stereocenters. The lowest BCUT2D eigenvalue weighted by Gasteiger charge is -2.18. The summed E-state index contributed by atoms with van der Waals surface area (Å²) in [6.07, 6.45) is 1.80. The highest BCUT2D eigenvalue weighted by atomic mass is 19.1. The van der Waals surface area contributed by atoms with Crippen molar-refractivity contribution >= 4 is 17.5 Å². The Kier molecular flexibility index (Phi) is 4.46. The first-order valence-electron chi connectivity index (χ1n) is 8.58. The molecule has 0 saturated heterocycles. The summed E-state index contributed by atoms with van der Waals surface area (Å²) in [4.78, 5) is 26.4. The number of nitrogens with one attached hydrogen (secondary N) is 1. The lowest BCUT2D eigenvalue weighted by Crippen LogP contribution is -2.26. The van der Waals surface area contributed by atoms with E-state index in [-0.39, 0.29) is 24.1 Å². The fourth-order valence-corrected chi connectivity index (χ4v) is 3.15. The van der Waals surface area contributed by atoms with Crippen LogP contribution >= 0.6 is 0 Å². The number of benzene rings is 2. The van der Waals surface area contributed by atoms with Crippen LogP contribution in [0.3, 0.4) is 0 Å². The molecule has 3 aromatic rings. The molecule has 27 heavy (non-hydrogen) atoms. The molecule has 5 nitrogen and oxygen atoms in total. The highest BCUT2D eigenvalue weighted by Crippen LogP contribution is 2.31. The van der Waals surface area contributed by atoms with E-state index < -0.39 is 0 Å². The van der Waals surface area contributed by atoms with Crippen molar-refractivity contribution in [3.05, 3.63) is 89.1 Å². The Morgan fingerprint density at radius 2 is 1.96 bits per heavy atom. The summed E-state index contributed by atoms with van der Waals surface area (Å²) in [6.45, 7) is 0.675. The Bertz CT molecular complexity index is 981. The molecule has 2 amide bonds. The number of nitrogens with zero attached hydrogens (tertiary/aromatic N) is 1. The van der Waals surface area contributed by atoms with E-state index in [9.17, 15) is 14.0 Å². The molecule has 0 atom stereocenters. The quantitative estimate of drug-likeness (QED) is 0.754. The number of hydrogen-bond acceptors (Lipinski definition) is 3. The largest absolute Gasteiger partial charge is 0.467 e. The Morgan fingerprint density at radius 3 is 2.70 bits per heavy atom. The molecular formula is C21H17FN2O3. The monoisotopic (exact) mass is 364 g/mol. The summed E-state index contributed by atoms with van der Waals surface area (Å²) in [5.41, 5.74) is 2.94. The van der Waals surface area contributed by atoms with Gasteiger partial charge in [0.15, 0.2) is 0 Å². The zero-order chi connectivity index (χ0) is 18.8. The molecule has 1 aromatic heterocycles. The topological polar surface area (TPSA) is 62.6 Å². The van der Waals surface area contributed by atoms with E-state index in [0.717, 1.165) is 16.8 Å². The van der Waals surface area contributed by atoms with E-state index in [0.29, 0.717) is 24.4 Å². The lowest BCUT2D eigenvalue weighted by atomic mass is 10.1. The third-order valence-electron chi connectivity index (χ3n) is 4.53. The van der Waals surface area contributed by atoms with Gasteiger partial charge in [0.1, 0.15) is 11.6 Å². The van der Waals surface area contributed by atoms with Gasteiger partial charge in [0, 0.05) is 11.3 Å². The van der Waals surface area contributed by atoms with Crippen molar-refractivity contribution in [2.45, 2.75) is 19.5 Å². The fourth-order valence-electron chi connectivity index (χ4n) is 3.15. The van der Waals surface area contributed by atoms with Crippen molar-refractivity contribution in [3.63, 3.8) is 0 Å². The fraction of sp³-hybridized carbons (Fsp3) is 0.143. The van der Waals surface area contributed by atoms with Crippen molar-refractivity contribution in [1.82, 2.24) is 5.32 Å². The maximum atomic E-state index is 13.1. The van der Waals surface area contributed by atoms with Crippen molar-refractivity contribution < 1.29 is 18.4 Å². The van der Waals surface area contributed by atoms with Crippen LogP contribution in [-0.2, 0) is 24.3 Å². The van der Waals surface area contributed by atoms with Crippen molar-refractivity contribution in [2.24, 2.45) is 0 Å². The predicted molar refractivity (Wildman–Crippen MR) is 97.6 cm³/mol. The second kappa shape index (κ2) is 7.07. The van der Waals surface area contributed by atoms with E-state index >= 15 is 0 Å². The average molecular weight is 364 g/mol. The summed E-state index contributed by atoms with van der Waals surface area (Å²) in [5, 5.41) is 2.79. The SMILES string of the molecule is O=C(NCc1ccco1)c1ccc2c(c1)CC(=O)N2Cc1ccc(F)cc1. The Morgan fingerprint density at radius 1 is 1.15 bits per heavy atom.